The van der Waals surface area contributed by atoms with Crippen molar-refractivity contribution in [2.24, 2.45) is 0 Å². The van der Waals surface area contributed by atoms with Crippen LogP contribution in [0.25, 0.3) is 5.57 Å². The summed E-state index contributed by atoms with van der Waals surface area (Å²) in [6.45, 7) is 4.37. The van der Waals surface area contributed by atoms with Crippen LogP contribution >= 0.6 is 0 Å². The number of benzene rings is 2. The molecule has 0 bridgehead atoms. The summed E-state index contributed by atoms with van der Waals surface area (Å²) in [7, 11) is 0. The summed E-state index contributed by atoms with van der Waals surface area (Å²) < 4.78 is 14.6. The molecule has 3 heterocycles. The first kappa shape index (κ1) is 20.9. The van der Waals surface area contributed by atoms with Crippen LogP contribution in [0.5, 0.6) is 0 Å². The first-order chi connectivity index (χ1) is 16.0. The summed E-state index contributed by atoms with van der Waals surface area (Å²) in [5, 5.41) is 0. The lowest BCUT2D eigenvalue weighted by atomic mass is 10.0. The fourth-order valence-electron chi connectivity index (χ4n) is 4.34. The van der Waals surface area contributed by atoms with Crippen molar-refractivity contribution in [1.82, 2.24) is 9.88 Å². The van der Waals surface area contributed by atoms with Crippen LogP contribution in [0.15, 0.2) is 78.6 Å². The van der Waals surface area contributed by atoms with Gasteiger partial charge in [-0.1, -0.05) is 48.0 Å². The van der Waals surface area contributed by atoms with Crippen molar-refractivity contribution in [1.29, 1.82) is 0 Å². The molecule has 2 aromatic carbocycles. The molecule has 1 fully saturated rings. The topological polar surface area (TPSA) is 56.8 Å². The zero-order valence-electron chi connectivity index (χ0n) is 18.2. The first-order valence-corrected chi connectivity index (χ1v) is 10.9. The fraction of sp³-hybridized carbons (Fsp3) is 0.192. The maximum absolute atomic E-state index is 14.6. The van der Waals surface area contributed by atoms with Crippen molar-refractivity contribution in [3.8, 4) is 0 Å². The van der Waals surface area contributed by atoms with Gasteiger partial charge in [-0.15, -0.1) is 0 Å². The highest BCUT2D eigenvalue weighted by atomic mass is 19.1. The Balaban J connectivity index is 1.52. The molecule has 0 aliphatic carbocycles. The van der Waals surface area contributed by atoms with Gasteiger partial charge in [-0.05, 0) is 36.8 Å². The van der Waals surface area contributed by atoms with Crippen molar-refractivity contribution >= 4 is 28.9 Å². The molecule has 2 amide bonds. The minimum Gasteiger partial charge on any atom is -0.363 e. The number of aryl methyl sites for hydroxylation is 1. The monoisotopic (exact) mass is 442 g/mol. The Bertz CT molecular complexity index is 1230. The van der Waals surface area contributed by atoms with Crippen molar-refractivity contribution in [3.05, 3.63) is 95.6 Å². The predicted octanol–water partition coefficient (Wildman–Crippen LogP) is 3.64. The molecule has 3 aromatic rings. The Kier molecular flexibility index (Phi) is 5.38. The smallest absolute Gasteiger partial charge is 0.282 e. The van der Waals surface area contributed by atoms with E-state index < -0.39 is 17.6 Å². The Morgan fingerprint density at radius 2 is 1.45 bits per heavy atom. The number of para-hydroxylation sites is 1. The van der Waals surface area contributed by atoms with E-state index in [4.69, 9.17) is 0 Å². The van der Waals surface area contributed by atoms with Crippen LogP contribution < -0.4 is 9.80 Å². The van der Waals surface area contributed by atoms with Crippen molar-refractivity contribution in [3.63, 3.8) is 0 Å². The van der Waals surface area contributed by atoms with Crippen LogP contribution in [0.4, 0.5) is 15.9 Å². The van der Waals surface area contributed by atoms with Gasteiger partial charge in [0.05, 0.1) is 11.3 Å². The summed E-state index contributed by atoms with van der Waals surface area (Å²) in [6.07, 6.45) is 1.76. The van der Waals surface area contributed by atoms with E-state index in [9.17, 15) is 14.0 Å². The number of anilines is 2. The second-order valence-corrected chi connectivity index (χ2v) is 8.15. The van der Waals surface area contributed by atoms with Gasteiger partial charge in [-0.3, -0.25) is 9.59 Å². The molecule has 1 aromatic heterocycles. The lowest BCUT2D eigenvalue weighted by Crippen LogP contribution is -2.48. The van der Waals surface area contributed by atoms with E-state index in [0.29, 0.717) is 43.0 Å². The third-order valence-corrected chi connectivity index (χ3v) is 6.06. The number of amides is 2. The Labute approximate surface area is 191 Å². The lowest BCUT2D eigenvalue weighted by Gasteiger charge is -2.37. The van der Waals surface area contributed by atoms with Gasteiger partial charge >= 0.3 is 0 Å². The van der Waals surface area contributed by atoms with Gasteiger partial charge in [0, 0.05) is 32.4 Å². The number of hydrogen-bond acceptors (Lipinski definition) is 5. The molecule has 7 heteroatoms. The molecule has 33 heavy (non-hydrogen) atoms. The maximum atomic E-state index is 14.6. The normalized spacial score (nSPS) is 16.7. The van der Waals surface area contributed by atoms with Crippen molar-refractivity contribution < 1.29 is 14.0 Å². The molecule has 0 saturated carbocycles. The van der Waals surface area contributed by atoms with Crippen molar-refractivity contribution in [2.45, 2.75) is 6.92 Å². The minimum absolute atomic E-state index is 0.0285. The standard InChI is InChI=1S/C26H23FN4O2/c1-18-9-11-19(12-10-18)23-24(26(33)31(25(23)32)21-7-3-2-6-20(21)27)30-16-14-29(15-17-30)22-8-4-5-13-28-22/h2-13H,14-17H2,1H3. The summed E-state index contributed by atoms with van der Waals surface area (Å²) in [6, 6.07) is 19.1. The second-order valence-electron chi connectivity index (χ2n) is 8.15. The molecule has 0 unspecified atom stereocenters. The number of halogens is 1. The Morgan fingerprint density at radius 3 is 2.12 bits per heavy atom. The molecule has 1 saturated heterocycles. The summed E-state index contributed by atoms with van der Waals surface area (Å²) in [5.74, 6) is -0.724. The fourth-order valence-corrected chi connectivity index (χ4v) is 4.34. The van der Waals surface area contributed by atoms with Crippen molar-refractivity contribution in [2.75, 3.05) is 36.0 Å². The predicted molar refractivity (Wildman–Crippen MR) is 125 cm³/mol. The number of piperazine rings is 1. The Hall–Kier alpha value is -4.00. The number of nitrogens with zero attached hydrogens (tertiary/aromatic N) is 4. The molecule has 2 aliphatic rings. The van der Waals surface area contributed by atoms with Crippen LogP contribution in [0, 0.1) is 12.7 Å². The number of hydrogen-bond donors (Lipinski definition) is 0. The summed E-state index contributed by atoms with van der Waals surface area (Å²) in [4.78, 5) is 36.6. The number of carbonyl (C=O) groups is 2. The number of rotatable bonds is 4. The average molecular weight is 442 g/mol. The van der Waals surface area contributed by atoms with E-state index >= 15 is 0 Å². The largest absolute Gasteiger partial charge is 0.363 e. The molecular formula is C26H23FN4O2. The highest BCUT2D eigenvalue weighted by molar-refractivity contribution is 6.45. The SMILES string of the molecule is Cc1ccc(C2=C(N3CCN(c4ccccn4)CC3)C(=O)N(c3ccccc3F)C2=O)cc1. The molecule has 0 N–H and O–H groups in total. The van der Waals surface area contributed by atoms with Gasteiger partial charge in [-0.2, -0.15) is 0 Å². The summed E-state index contributed by atoms with van der Waals surface area (Å²) >= 11 is 0. The number of carbonyl (C=O) groups excluding carboxylic acids is 2. The summed E-state index contributed by atoms with van der Waals surface area (Å²) in [5.41, 5.74) is 2.31. The van der Waals surface area contributed by atoms with Gasteiger partial charge in [0.1, 0.15) is 17.3 Å². The van der Waals surface area contributed by atoms with E-state index in [1.54, 1.807) is 12.3 Å². The zero-order chi connectivity index (χ0) is 22.9. The van der Waals surface area contributed by atoms with E-state index in [1.807, 2.05) is 54.3 Å². The molecular weight excluding hydrogens is 419 g/mol. The van der Waals surface area contributed by atoms with Gasteiger partial charge in [-0.25, -0.2) is 14.3 Å². The molecule has 0 radical (unpaired) electrons. The minimum atomic E-state index is -0.608. The van der Waals surface area contributed by atoms with Crippen LogP contribution in [-0.4, -0.2) is 47.9 Å². The van der Waals surface area contributed by atoms with Gasteiger partial charge in [0.15, 0.2) is 0 Å². The van der Waals surface area contributed by atoms with Crippen LogP contribution in [0.2, 0.25) is 0 Å². The highest BCUT2D eigenvalue weighted by Gasteiger charge is 2.43. The molecule has 0 atom stereocenters. The molecule has 0 spiro atoms. The Morgan fingerprint density at radius 1 is 0.788 bits per heavy atom. The molecule has 6 nitrogen and oxygen atoms in total. The van der Waals surface area contributed by atoms with Crippen LogP contribution in [0.1, 0.15) is 11.1 Å². The lowest BCUT2D eigenvalue weighted by molar-refractivity contribution is -0.120. The van der Waals surface area contributed by atoms with Crippen LogP contribution in [-0.2, 0) is 9.59 Å². The van der Waals surface area contributed by atoms with Crippen LogP contribution in [0.3, 0.4) is 0 Å². The number of aromatic nitrogens is 1. The molecule has 2 aliphatic heterocycles. The van der Waals surface area contributed by atoms with E-state index in [-0.39, 0.29) is 5.69 Å². The van der Waals surface area contributed by atoms with E-state index in [1.165, 1.54) is 18.2 Å². The second kappa shape index (κ2) is 8.50. The quantitative estimate of drug-likeness (QED) is 0.578. The molecule has 5 rings (SSSR count). The molecule has 166 valence electrons. The average Bonchev–Trinajstić information content (AvgIpc) is 3.10. The highest BCUT2D eigenvalue weighted by Crippen LogP contribution is 2.36. The van der Waals surface area contributed by atoms with E-state index in [2.05, 4.69) is 9.88 Å². The van der Waals surface area contributed by atoms with Gasteiger partial charge < -0.3 is 9.80 Å². The third kappa shape index (κ3) is 3.75. The third-order valence-electron chi connectivity index (χ3n) is 6.06. The zero-order valence-corrected chi connectivity index (χ0v) is 18.2. The van der Waals surface area contributed by atoms with Gasteiger partial charge in [0.2, 0.25) is 0 Å². The number of imide groups is 1. The maximum Gasteiger partial charge on any atom is 0.282 e. The van der Waals surface area contributed by atoms with Gasteiger partial charge in [0.25, 0.3) is 11.8 Å². The first-order valence-electron chi connectivity index (χ1n) is 10.9. The van der Waals surface area contributed by atoms with E-state index in [0.717, 1.165) is 16.3 Å². The number of pyridine rings is 1.